The molecule has 0 saturated carbocycles. The summed E-state index contributed by atoms with van der Waals surface area (Å²) in [6.45, 7) is 13.6. The lowest BCUT2D eigenvalue weighted by Crippen LogP contribution is -2.44. The third-order valence-electron chi connectivity index (χ3n) is 9.11. The minimum absolute atomic E-state index is 0.0379. The number of hydrogen-bond acceptors (Lipinski definition) is 7. The van der Waals surface area contributed by atoms with E-state index in [1.807, 2.05) is 42.0 Å². The zero-order valence-electron chi connectivity index (χ0n) is 25.7. The molecular weight excluding hydrogens is 558 g/mol. The normalized spacial score (nSPS) is 17.1. The molecule has 1 N–H and O–H groups in total. The van der Waals surface area contributed by atoms with Crippen LogP contribution in [0.15, 0.2) is 53.5 Å². The second kappa shape index (κ2) is 12.6. The van der Waals surface area contributed by atoms with E-state index < -0.39 is 0 Å². The first-order chi connectivity index (χ1) is 20.8. The van der Waals surface area contributed by atoms with Crippen LogP contribution in [-0.2, 0) is 0 Å². The summed E-state index contributed by atoms with van der Waals surface area (Å²) in [5, 5.41) is 4.87. The molecule has 0 radical (unpaired) electrons. The molecule has 226 valence electrons. The predicted octanol–water partition coefficient (Wildman–Crippen LogP) is 6.27. The van der Waals surface area contributed by atoms with Gasteiger partial charge in [-0.1, -0.05) is 36.7 Å². The van der Waals surface area contributed by atoms with Crippen molar-refractivity contribution >= 4 is 40.0 Å². The molecule has 2 saturated heterocycles. The summed E-state index contributed by atoms with van der Waals surface area (Å²) in [7, 11) is 2.18. The first-order valence-electron chi connectivity index (χ1n) is 15.5. The zero-order chi connectivity index (χ0) is 30.1. The molecule has 2 aromatic carbocycles. The molecule has 9 heteroatoms. The van der Waals surface area contributed by atoms with Gasteiger partial charge in [-0.2, -0.15) is 4.98 Å². The van der Waals surface area contributed by atoms with Crippen LogP contribution in [0.25, 0.3) is 22.2 Å². The van der Waals surface area contributed by atoms with Gasteiger partial charge in [0.2, 0.25) is 5.95 Å². The number of aromatic nitrogens is 3. The van der Waals surface area contributed by atoms with E-state index in [1.54, 1.807) is 0 Å². The number of aryl methyl sites for hydroxylation is 2. The number of halogens is 1. The monoisotopic (exact) mass is 599 g/mol. The molecule has 6 rings (SSSR count). The summed E-state index contributed by atoms with van der Waals surface area (Å²) >= 11 is 6.64. The lowest BCUT2D eigenvalue weighted by Gasteiger charge is -2.35. The van der Waals surface area contributed by atoms with E-state index in [9.17, 15) is 4.79 Å². The summed E-state index contributed by atoms with van der Waals surface area (Å²) < 4.78 is 1.93. The number of hydrogen-bond donors (Lipinski definition) is 1. The number of nitrogens with one attached hydrogen (secondary N) is 1. The third kappa shape index (κ3) is 6.01. The number of anilines is 3. The van der Waals surface area contributed by atoms with Gasteiger partial charge in [-0.15, -0.1) is 0 Å². The van der Waals surface area contributed by atoms with Gasteiger partial charge < -0.3 is 20.0 Å². The Morgan fingerprint density at radius 1 is 1.00 bits per heavy atom. The van der Waals surface area contributed by atoms with Crippen LogP contribution in [0.3, 0.4) is 0 Å². The molecule has 2 fully saturated rings. The highest BCUT2D eigenvalue weighted by Gasteiger charge is 2.27. The van der Waals surface area contributed by atoms with E-state index in [1.165, 1.54) is 11.3 Å². The maximum absolute atomic E-state index is 14.4. The molecule has 4 heterocycles. The molecule has 0 atom stereocenters. The fourth-order valence-electron chi connectivity index (χ4n) is 6.69. The zero-order valence-corrected chi connectivity index (χ0v) is 26.5. The number of fused-ring (bicyclic) bond motifs is 1. The smallest absolute Gasteiger partial charge is 0.260 e. The van der Waals surface area contributed by atoms with Crippen LogP contribution in [0, 0.1) is 13.8 Å². The Labute approximate surface area is 259 Å². The van der Waals surface area contributed by atoms with Crippen molar-refractivity contribution in [3.8, 4) is 11.1 Å². The molecule has 0 unspecified atom stereocenters. The van der Waals surface area contributed by atoms with E-state index in [-0.39, 0.29) is 11.6 Å². The van der Waals surface area contributed by atoms with Gasteiger partial charge in [0, 0.05) is 78.9 Å². The second-order valence-electron chi connectivity index (χ2n) is 12.1. The molecular formula is C34H42ClN7O. The second-order valence-corrected chi connectivity index (χ2v) is 12.5. The SMILES string of the molecule is CCCN1CCC(n2c(=O)c(-c3ccccc3Cl)c(C)c3cnc(Nc4ccc(N5CCN(C)CC5)c(C)c4)nc32)CC1. The predicted molar refractivity (Wildman–Crippen MR) is 178 cm³/mol. The largest absolute Gasteiger partial charge is 0.369 e. The van der Waals surface area contributed by atoms with Crippen LogP contribution in [0.2, 0.25) is 5.02 Å². The van der Waals surface area contributed by atoms with Crippen molar-refractivity contribution in [2.24, 2.45) is 0 Å². The number of rotatable bonds is 7. The highest BCUT2D eigenvalue weighted by molar-refractivity contribution is 6.33. The van der Waals surface area contributed by atoms with Crippen molar-refractivity contribution in [2.75, 3.05) is 63.1 Å². The van der Waals surface area contributed by atoms with Crippen LogP contribution in [0.1, 0.15) is 43.4 Å². The Balaban J connectivity index is 1.39. The van der Waals surface area contributed by atoms with E-state index >= 15 is 0 Å². The molecule has 2 aromatic heterocycles. The average Bonchev–Trinajstić information content (AvgIpc) is 3.00. The molecule has 8 nitrogen and oxygen atoms in total. The lowest BCUT2D eigenvalue weighted by molar-refractivity contribution is 0.187. The summed E-state index contributed by atoms with van der Waals surface area (Å²) in [6.07, 6.45) is 4.79. The van der Waals surface area contributed by atoms with Crippen LogP contribution in [0.5, 0.6) is 0 Å². The van der Waals surface area contributed by atoms with Crippen LogP contribution in [-0.4, -0.2) is 77.2 Å². The fourth-order valence-corrected chi connectivity index (χ4v) is 6.92. The van der Waals surface area contributed by atoms with Crippen molar-refractivity contribution in [3.05, 3.63) is 75.2 Å². The average molecular weight is 600 g/mol. The van der Waals surface area contributed by atoms with Crippen molar-refractivity contribution in [2.45, 2.75) is 46.1 Å². The summed E-state index contributed by atoms with van der Waals surface area (Å²) in [6, 6.07) is 14.1. The number of likely N-dealkylation sites (N-methyl/N-ethyl adjacent to an activating group) is 1. The number of likely N-dealkylation sites (tertiary alicyclic amines) is 1. The van der Waals surface area contributed by atoms with Gasteiger partial charge in [-0.05, 0) is 82.1 Å². The Kier molecular flexibility index (Phi) is 8.71. The molecule has 2 aliphatic heterocycles. The van der Waals surface area contributed by atoms with Gasteiger partial charge in [0.25, 0.3) is 5.56 Å². The number of piperazine rings is 1. The van der Waals surface area contributed by atoms with Gasteiger partial charge in [-0.3, -0.25) is 9.36 Å². The molecule has 2 aliphatic rings. The van der Waals surface area contributed by atoms with Crippen LogP contribution in [0.4, 0.5) is 17.3 Å². The van der Waals surface area contributed by atoms with Gasteiger partial charge >= 0.3 is 0 Å². The van der Waals surface area contributed by atoms with Crippen LogP contribution < -0.4 is 15.8 Å². The molecule has 43 heavy (non-hydrogen) atoms. The van der Waals surface area contributed by atoms with E-state index in [4.69, 9.17) is 21.6 Å². The molecule has 0 amide bonds. The summed E-state index contributed by atoms with van der Waals surface area (Å²) in [5.41, 5.74) is 6.29. The Morgan fingerprint density at radius 2 is 1.74 bits per heavy atom. The lowest BCUT2D eigenvalue weighted by atomic mass is 9.97. The maximum atomic E-state index is 14.4. The first kappa shape index (κ1) is 29.6. The summed E-state index contributed by atoms with van der Waals surface area (Å²) in [5.74, 6) is 0.487. The van der Waals surface area contributed by atoms with Crippen molar-refractivity contribution in [3.63, 3.8) is 0 Å². The Bertz CT molecular complexity index is 1670. The van der Waals surface area contributed by atoms with Gasteiger partial charge in [0.05, 0.1) is 5.56 Å². The van der Waals surface area contributed by atoms with E-state index in [2.05, 4.69) is 59.1 Å². The van der Waals surface area contributed by atoms with Crippen molar-refractivity contribution in [1.82, 2.24) is 24.3 Å². The minimum Gasteiger partial charge on any atom is -0.369 e. The number of pyridine rings is 1. The quantitative estimate of drug-likeness (QED) is 0.268. The van der Waals surface area contributed by atoms with E-state index in [0.29, 0.717) is 22.2 Å². The molecule has 0 bridgehead atoms. The van der Waals surface area contributed by atoms with E-state index in [0.717, 1.165) is 87.3 Å². The molecule has 4 aromatic rings. The van der Waals surface area contributed by atoms with Gasteiger partial charge in [0.15, 0.2) is 0 Å². The Hall–Kier alpha value is -3.46. The van der Waals surface area contributed by atoms with Crippen LogP contribution >= 0.6 is 11.6 Å². The Morgan fingerprint density at radius 3 is 2.44 bits per heavy atom. The highest BCUT2D eigenvalue weighted by Crippen LogP contribution is 2.34. The third-order valence-corrected chi connectivity index (χ3v) is 9.44. The number of benzene rings is 2. The topological polar surface area (TPSA) is 69.5 Å². The summed E-state index contributed by atoms with van der Waals surface area (Å²) in [4.78, 5) is 31.4. The maximum Gasteiger partial charge on any atom is 0.260 e. The minimum atomic E-state index is -0.0379. The fraction of sp³-hybridized carbons (Fsp3) is 0.441. The number of piperidine rings is 1. The van der Waals surface area contributed by atoms with Crippen molar-refractivity contribution in [1.29, 1.82) is 0 Å². The highest BCUT2D eigenvalue weighted by atomic mass is 35.5. The van der Waals surface area contributed by atoms with Crippen molar-refractivity contribution < 1.29 is 0 Å². The molecule has 0 aliphatic carbocycles. The number of nitrogens with zero attached hydrogens (tertiary/aromatic N) is 6. The van der Waals surface area contributed by atoms with Gasteiger partial charge in [0.1, 0.15) is 5.65 Å². The standard InChI is InChI=1S/C34H42ClN7O/c1-5-14-40-15-12-26(13-16-40)42-32-28(24(3)31(33(42)43)27-8-6-7-9-29(27)35)22-36-34(38-32)37-25-10-11-30(23(2)21-25)41-19-17-39(4)18-20-41/h6-11,21-22,26H,5,12-20H2,1-4H3,(H,36,37,38). The molecule has 0 spiro atoms. The van der Waals surface area contributed by atoms with Gasteiger partial charge in [-0.25, -0.2) is 4.98 Å². The first-order valence-corrected chi connectivity index (χ1v) is 15.9.